The van der Waals surface area contributed by atoms with Gasteiger partial charge < -0.3 is 4.74 Å². The van der Waals surface area contributed by atoms with E-state index in [9.17, 15) is 0 Å². The van der Waals surface area contributed by atoms with Crippen LogP contribution < -0.4 is 4.74 Å². The molecular weight excluding hydrogens is 236 g/mol. The van der Waals surface area contributed by atoms with Gasteiger partial charge in [-0.1, -0.05) is 25.5 Å². The topological polar surface area (TPSA) is 45.9 Å². The molecular formula is C16H16N2O. The molecule has 0 aliphatic rings. The predicted molar refractivity (Wildman–Crippen MR) is 73.7 cm³/mol. The third kappa shape index (κ3) is 3.82. The maximum absolute atomic E-state index is 8.78. The summed E-state index contributed by atoms with van der Waals surface area (Å²) in [5.41, 5.74) is 2.69. The van der Waals surface area contributed by atoms with Gasteiger partial charge in [0.15, 0.2) is 0 Å². The summed E-state index contributed by atoms with van der Waals surface area (Å²) in [6.07, 6.45) is 3.87. The minimum absolute atomic E-state index is 0.416. The largest absolute Gasteiger partial charge is 0.489 e. The molecule has 0 radical (unpaired) electrons. The van der Waals surface area contributed by atoms with Crippen LogP contribution in [0.3, 0.4) is 0 Å². The highest BCUT2D eigenvalue weighted by atomic mass is 16.5. The first-order valence-corrected chi connectivity index (χ1v) is 6.38. The molecule has 19 heavy (non-hydrogen) atoms. The second-order valence-electron chi connectivity index (χ2n) is 4.34. The molecule has 1 aromatic heterocycles. The van der Waals surface area contributed by atoms with Crippen LogP contribution in [-0.2, 0) is 13.0 Å². The Balaban J connectivity index is 1.96. The summed E-state index contributed by atoms with van der Waals surface area (Å²) < 4.78 is 5.69. The normalized spacial score (nSPS) is 9.89. The van der Waals surface area contributed by atoms with Gasteiger partial charge in [-0.3, -0.25) is 0 Å². The van der Waals surface area contributed by atoms with E-state index in [1.54, 1.807) is 12.3 Å². The summed E-state index contributed by atoms with van der Waals surface area (Å²) in [6.45, 7) is 2.62. The quantitative estimate of drug-likeness (QED) is 0.818. The van der Waals surface area contributed by atoms with Gasteiger partial charge in [0.1, 0.15) is 24.1 Å². The number of benzene rings is 1. The summed E-state index contributed by atoms with van der Waals surface area (Å²) in [5, 5.41) is 8.78. The maximum Gasteiger partial charge on any atom is 0.140 e. The molecule has 0 aliphatic heterocycles. The zero-order chi connectivity index (χ0) is 13.5. The van der Waals surface area contributed by atoms with E-state index in [0.717, 1.165) is 24.2 Å². The monoisotopic (exact) mass is 252 g/mol. The van der Waals surface area contributed by atoms with Crippen molar-refractivity contribution < 1.29 is 4.74 Å². The Morgan fingerprint density at radius 1 is 1.16 bits per heavy atom. The van der Waals surface area contributed by atoms with Crippen molar-refractivity contribution in [1.29, 1.82) is 5.26 Å². The van der Waals surface area contributed by atoms with Crippen LogP contribution in [0.2, 0.25) is 0 Å². The molecule has 0 unspecified atom stereocenters. The first-order valence-electron chi connectivity index (χ1n) is 6.38. The molecule has 3 nitrogen and oxygen atoms in total. The fourth-order valence-electron chi connectivity index (χ4n) is 1.83. The molecule has 2 rings (SSSR count). The molecule has 0 N–H and O–H groups in total. The molecule has 0 spiro atoms. The number of pyridine rings is 1. The summed E-state index contributed by atoms with van der Waals surface area (Å²) in [4.78, 5) is 3.93. The van der Waals surface area contributed by atoms with Crippen molar-refractivity contribution in [3.8, 4) is 11.8 Å². The fraction of sp³-hybridized carbons (Fsp3) is 0.250. The molecule has 0 aliphatic carbocycles. The van der Waals surface area contributed by atoms with E-state index < -0.39 is 0 Å². The van der Waals surface area contributed by atoms with Crippen LogP contribution in [0.25, 0.3) is 0 Å². The molecule has 0 saturated heterocycles. The Morgan fingerprint density at radius 3 is 2.63 bits per heavy atom. The van der Waals surface area contributed by atoms with Crippen molar-refractivity contribution >= 4 is 0 Å². The average Bonchev–Trinajstić information content (AvgIpc) is 2.47. The molecule has 3 heteroatoms. The van der Waals surface area contributed by atoms with Gasteiger partial charge in [-0.15, -0.1) is 0 Å². The first kappa shape index (κ1) is 13.1. The molecule has 1 heterocycles. The second-order valence-corrected chi connectivity index (χ2v) is 4.34. The standard InChI is InChI=1S/C16H16N2O/c1-2-3-13-4-6-16(7-5-13)19-12-14-8-9-18-15(10-14)11-17/h4-10H,2-3,12H2,1H3. The zero-order valence-electron chi connectivity index (χ0n) is 11.0. The third-order valence-corrected chi connectivity index (χ3v) is 2.81. The Bertz CT molecular complexity index is 570. The average molecular weight is 252 g/mol. The van der Waals surface area contributed by atoms with Crippen LogP contribution in [0.1, 0.15) is 30.2 Å². The van der Waals surface area contributed by atoms with Gasteiger partial charge in [-0.25, -0.2) is 4.98 Å². The molecule has 2 aromatic rings. The van der Waals surface area contributed by atoms with Crippen LogP contribution in [0.4, 0.5) is 0 Å². The van der Waals surface area contributed by atoms with E-state index in [-0.39, 0.29) is 0 Å². The van der Waals surface area contributed by atoms with Crippen molar-refractivity contribution in [3.05, 3.63) is 59.4 Å². The van der Waals surface area contributed by atoms with Crippen LogP contribution in [0, 0.1) is 11.3 Å². The lowest BCUT2D eigenvalue weighted by molar-refractivity contribution is 0.306. The van der Waals surface area contributed by atoms with Gasteiger partial charge in [0.25, 0.3) is 0 Å². The zero-order valence-corrected chi connectivity index (χ0v) is 11.0. The van der Waals surface area contributed by atoms with Crippen LogP contribution >= 0.6 is 0 Å². The van der Waals surface area contributed by atoms with Crippen LogP contribution in [-0.4, -0.2) is 4.98 Å². The van der Waals surface area contributed by atoms with E-state index in [1.165, 1.54) is 5.56 Å². The third-order valence-electron chi connectivity index (χ3n) is 2.81. The van der Waals surface area contributed by atoms with E-state index in [4.69, 9.17) is 10.00 Å². The molecule has 96 valence electrons. The number of nitriles is 1. The van der Waals surface area contributed by atoms with Crippen molar-refractivity contribution in [3.63, 3.8) is 0 Å². The maximum atomic E-state index is 8.78. The number of aryl methyl sites for hydroxylation is 1. The Kier molecular flexibility index (Phi) is 4.52. The van der Waals surface area contributed by atoms with Crippen molar-refractivity contribution in [2.45, 2.75) is 26.4 Å². The van der Waals surface area contributed by atoms with Gasteiger partial charge in [-0.05, 0) is 41.8 Å². The predicted octanol–water partition coefficient (Wildman–Crippen LogP) is 3.48. The Morgan fingerprint density at radius 2 is 1.95 bits per heavy atom. The summed E-state index contributed by atoms with van der Waals surface area (Å²) in [6, 6.07) is 13.8. The van der Waals surface area contributed by atoms with Gasteiger partial charge in [0.05, 0.1) is 0 Å². The minimum Gasteiger partial charge on any atom is -0.489 e. The van der Waals surface area contributed by atoms with Crippen molar-refractivity contribution in [1.82, 2.24) is 4.98 Å². The number of nitrogens with zero attached hydrogens (tertiary/aromatic N) is 2. The smallest absolute Gasteiger partial charge is 0.140 e. The number of rotatable bonds is 5. The second kappa shape index (κ2) is 6.55. The molecule has 0 saturated carbocycles. The summed E-state index contributed by atoms with van der Waals surface area (Å²) in [5.74, 6) is 0.843. The van der Waals surface area contributed by atoms with Gasteiger partial charge >= 0.3 is 0 Å². The lowest BCUT2D eigenvalue weighted by Crippen LogP contribution is -1.97. The van der Waals surface area contributed by atoms with Crippen molar-refractivity contribution in [2.75, 3.05) is 0 Å². The molecule has 0 atom stereocenters. The van der Waals surface area contributed by atoms with Gasteiger partial charge in [0.2, 0.25) is 0 Å². The number of hydrogen-bond acceptors (Lipinski definition) is 3. The summed E-state index contributed by atoms with van der Waals surface area (Å²) >= 11 is 0. The highest BCUT2D eigenvalue weighted by Gasteiger charge is 1.99. The van der Waals surface area contributed by atoms with Crippen LogP contribution in [0.5, 0.6) is 5.75 Å². The molecule has 0 bridgehead atoms. The van der Waals surface area contributed by atoms with E-state index >= 15 is 0 Å². The van der Waals surface area contributed by atoms with Crippen molar-refractivity contribution in [2.24, 2.45) is 0 Å². The van der Waals surface area contributed by atoms with E-state index in [2.05, 4.69) is 24.0 Å². The van der Waals surface area contributed by atoms with Gasteiger partial charge in [-0.2, -0.15) is 5.26 Å². The number of aromatic nitrogens is 1. The highest BCUT2D eigenvalue weighted by Crippen LogP contribution is 2.15. The fourth-order valence-corrected chi connectivity index (χ4v) is 1.83. The SMILES string of the molecule is CCCc1ccc(OCc2ccnc(C#N)c2)cc1. The summed E-state index contributed by atoms with van der Waals surface area (Å²) in [7, 11) is 0. The number of ether oxygens (including phenoxy) is 1. The number of hydrogen-bond donors (Lipinski definition) is 0. The first-order chi connectivity index (χ1) is 9.31. The molecule has 0 amide bonds. The van der Waals surface area contributed by atoms with E-state index in [1.807, 2.05) is 24.3 Å². The van der Waals surface area contributed by atoms with Crippen LogP contribution in [0.15, 0.2) is 42.6 Å². The lowest BCUT2D eigenvalue weighted by Gasteiger charge is -2.07. The highest BCUT2D eigenvalue weighted by molar-refractivity contribution is 5.29. The Hall–Kier alpha value is -2.34. The lowest BCUT2D eigenvalue weighted by atomic mass is 10.1. The van der Waals surface area contributed by atoms with E-state index in [0.29, 0.717) is 12.3 Å². The van der Waals surface area contributed by atoms with Gasteiger partial charge in [0, 0.05) is 6.20 Å². The molecule has 0 fully saturated rings. The minimum atomic E-state index is 0.416. The Labute approximate surface area is 113 Å². The molecule has 1 aromatic carbocycles.